The van der Waals surface area contributed by atoms with E-state index < -0.39 is 5.97 Å². The van der Waals surface area contributed by atoms with E-state index in [9.17, 15) is 9.90 Å². The largest absolute Gasteiger partial charge is 0.478 e. The average molecular weight is 209 g/mol. The Hall–Kier alpha value is -0.830. The molecule has 0 aromatic rings. The Kier molecular flexibility index (Phi) is 3.10. The Labute approximate surface area is 90.8 Å². The third-order valence-electron chi connectivity index (χ3n) is 3.68. The first-order valence-electron chi connectivity index (χ1n) is 5.82. The number of aliphatic carboxylic acids is 1. The molecule has 1 heterocycles. The minimum Gasteiger partial charge on any atom is -0.478 e. The second-order valence-corrected chi connectivity index (χ2v) is 4.78. The highest BCUT2D eigenvalue weighted by atomic mass is 16.4. The third kappa shape index (κ3) is 2.23. The van der Waals surface area contributed by atoms with Gasteiger partial charge in [0.15, 0.2) is 0 Å². The zero-order valence-electron chi connectivity index (χ0n) is 9.33. The summed E-state index contributed by atoms with van der Waals surface area (Å²) in [5, 5.41) is 9.20. The van der Waals surface area contributed by atoms with Gasteiger partial charge in [0.1, 0.15) is 0 Å². The lowest BCUT2D eigenvalue weighted by atomic mass is 9.88. The van der Waals surface area contributed by atoms with Crippen LogP contribution in [0, 0.1) is 5.92 Å². The number of carbonyl (C=O) groups is 1. The number of hydrogen-bond donors (Lipinski definition) is 1. The molecule has 15 heavy (non-hydrogen) atoms. The van der Waals surface area contributed by atoms with E-state index >= 15 is 0 Å². The SMILES string of the molecule is CN1CCC(C2CCCC2)=C(C(=O)O)C1. The van der Waals surface area contributed by atoms with Crippen LogP contribution >= 0.6 is 0 Å². The van der Waals surface area contributed by atoms with Crippen molar-refractivity contribution < 1.29 is 9.90 Å². The lowest BCUT2D eigenvalue weighted by molar-refractivity contribution is -0.133. The van der Waals surface area contributed by atoms with E-state index in [4.69, 9.17) is 0 Å². The summed E-state index contributed by atoms with van der Waals surface area (Å²) in [6.07, 6.45) is 5.92. The van der Waals surface area contributed by atoms with Crippen molar-refractivity contribution in [3.63, 3.8) is 0 Å². The number of rotatable bonds is 2. The summed E-state index contributed by atoms with van der Waals surface area (Å²) in [6.45, 7) is 1.64. The van der Waals surface area contributed by atoms with Crippen molar-refractivity contribution in [1.82, 2.24) is 4.90 Å². The van der Waals surface area contributed by atoms with Crippen LogP contribution in [0.4, 0.5) is 0 Å². The fourth-order valence-electron chi connectivity index (χ4n) is 2.84. The van der Waals surface area contributed by atoms with E-state index in [-0.39, 0.29) is 0 Å². The smallest absolute Gasteiger partial charge is 0.332 e. The fraction of sp³-hybridized carbons (Fsp3) is 0.750. The first-order chi connectivity index (χ1) is 7.18. The second-order valence-electron chi connectivity index (χ2n) is 4.78. The van der Waals surface area contributed by atoms with Gasteiger partial charge in [0.05, 0.1) is 5.57 Å². The van der Waals surface area contributed by atoms with Crippen LogP contribution in [0.15, 0.2) is 11.1 Å². The molecule has 1 N–H and O–H groups in total. The summed E-state index contributed by atoms with van der Waals surface area (Å²) >= 11 is 0. The second kappa shape index (κ2) is 4.35. The van der Waals surface area contributed by atoms with Gasteiger partial charge >= 0.3 is 5.97 Å². The van der Waals surface area contributed by atoms with E-state index in [0.29, 0.717) is 18.0 Å². The molecule has 1 fully saturated rings. The first-order valence-corrected chi connectivity index (χ1v) is 5.82. The van der Waals surface area contributed by atoms with Crippen molar-refractivity contribution in [3.05, 3.63) is 11.1 Å². The summed E-state index contributed by atoms with van der Waals surface area (Å²) in [5.74, 6) is -0.131. The van der Waals surface area contributed by atoms with Gasteiger partial charge in [-0.15, -0.1) is 0 Å². The molecule has 0 saturated heterocycles. The van der Waals surface area contributed by atoms with Crippen LogP contribution in [-0.2, 0) is 4.79 Å². The molecule has 3 nitrogen and oxygen atoms in total. The molecule has 84 valence electrons. The molecule has 1 saturated carbocycles. The van der Waals surface area contributed by atoms with Crippen LogP contribution < -0.4 is 0 Å². The van der Waals surface area contributed by atoms with Crippen LogP contribution in [0.25, 0.3) is 0 Å². The Morgan fingerprint density at radius 1 is 1.40 bits per heavy atom. The first kappa shape index (κ1) is 10.7. The number of hydrogen-bond acceptors (Lipinski definition) is 2. The van der Waals surface area contributed by atoms with E-state index in [1.54, 1.807) is 0 Å². The standard InChI is InChI=1S/C12H19NO2/c1-13-7-6-10(9-4-2-3-5-9)11(8-13)12(14)15/h9H,2-8H2,1H3,(H,14,15). The zero-order valence-corrected chi connectivity index (χ0v) is 9.33. The Bertz CT molecular complexity index is 290. The Balaban J connectivity index is 2.22. The molecule has 0 bridgehead atoms. The number of likely N-dealkylation sites (N-methyl/N-ethyl adjacent to an activating group) is 1. The van der Waals surface area contributed by atoms with Crippen molar-refractivity contribution in [3.8, 4) is 0 Å². The van der Waals surface area contributed by atoms with Gasteiger partial charge in [0.25, 0.3) is 0 Å². The van der Waals surface area contributed by atoms with Gasteiger partial charge in [-0.05, 0) is 32.2 Å². The highest BCUT2D eigenvalue weighted by Crippen LogP contribution is 2.36. The molecule has 1 aliphatic carbocycles. The van der Waals surface area contributed by atoms with Gasteiger partial charge in [-0.1, -0.05) is 18.4 Å². The van der Waals surface area contributed by atoms with Gasteiger partial charge in [-0.2, -0.15) is 0 Å². The molecule has 2 aliphatic rings. The monoisotopic (exact) mass is 209 g/mol. The van der Waals surface area contributed by atoms with Crippen LogP contribution in [-0.4, -0.2) is 36.1 Å². The summed E-state index contributed by atoms with van der Waals surface area (Å²) < 4.78 is 0. The zero-order chi connectivity index (χ0) is 10.8. The molecule has 1 aliphatic heterocycles. The van der Waals surface area contributed by atoms with Crippen LogP contribution in [0.3, 0.4) is 0 Å². The van der Waals surface area contributed by atoms with Crippen LogP contribution in [0.5, 0.6) is 0 Å². The maximum atomic E-state index is 11.2. The number of carboxylic acid groups (broad SMARTS) is 1. The van der Waals surface area contributed by atoms with Gasteiger partial charge in [-0.3, -0.25) is 0 Å². The topological polar surface area (TPSA) is 40.5 Å². The molecule has 0 atom stereocenters. The third-order valence-corrected chi connectivity index (χ3v) is 3.68. The molecule has 0 aromatic heterocycles. The average Bonchev–Trinajstić information content (AvgIpc) is 2.70. The van der Waals surface area contributed by atoms with Gasteiger partial charge < -0.3 is 10.0 Å². The molecule has 0 radical (unpaired) electrons. The van der Waals surface area contributed by atoms with E-state index in [1.165, 1.54) is 31.3 Å². The predicted molar refractivity (Wildman–Crippen MR) is 58.7 cm³/mol. The maximum absolute atomic E-state index is 11.2. The molecule has 3 heteroatoms. The van der Waals surface area contributed by atoms with Crippen molar-refractivity contribution in [2.24, 2.45) is 5.92 Å². The molecule has 0 unspecified atom stereocenters. The van der Waals surface area contributed by atoms with Crippen LogP contribution in [0.1, 0.15) is 32.1 Å². The Morgan fingerprint density at radius 2 is 2.07 bits per heavy atom. The van der Waals surface area contributed by atoms with Crippen LogP contribution in [0.2, 0.25) is 0 Å². The maximum Gasteiger partial charge on any atom is 0.332 e. The highest BCUT2D eigenvalue weighted by molar-refractivity contribution is 5.88. The fourth-order valence-corrected chi connectivity index (χ4v) is 2.84. The van der Waals surface area contributed by atoms with Gasteiger partial charge in [-0.25, -0.2) is 4.79 Å². The molecular weight excluding hydrogens is 190 g/mol. The predicted octanol–water partition coefficient (Wildman–Crippen LogP) is 1.89. The van der Waals surface area contributed by atoms with Crippen molar-refractivity contribution in [2.45, 2.75) is 32.1 Å². The molecule has 2 rings (SSSR count). The Morgan fingerprint density at radius 3 is 2.67 bits per heavy atom. The molecular formula is C12H19NO2. The summed E-state index contributed by atoms with van der Waals surface area (Å²) in [5.41, 5.74) is 1.92. The minimum absolute atomic E-state index is 0.574. The summed E-state index contributed by atoms with van der Waals surface area (Å²) in [4.78, 5) is 13.3. The van der Waals surface area contributed by atoms with Crippen molar-refractivity contribution >= 4 is 5.97 Å². The minimum atomic E-state index is -0.705. The molecule has 0 amide bonds. The molecule has 0 spiro atoms. The van der Waals surface area contributed by atoms with E-state index in [2.05, 4.69) is 4.90 Å². The lowest BCUT2D eigenvalue weighted by Crippen LogP contribution is -2.32. The number of nitrogens with zero attached hydrogens (tertiary/aromatic N) is 1. The van der Waals surface area contributed by atoms with E-state index in [1.807, 2.05) is 7.05 Å². The normalized spacial score (nSPS) is 24.9. The highest BCUT2D eigenvalue weighted by Gasteiger charge is 2.28. The number of carboxylic acids is 1. The van der Waals surface area contributed by atoms with E-state index in [0.717, 1.165) is 13.0 Å². The van der Waals surface area contributed by atoms with Crippen molar-refractivity contribution in [2.75, 3.05) is 20.1 Å². The quantitative estimate of drug-likeness (QED) is 0.755. The van der Waals surface area contributed by atoms with Crippen molar-refractivity contribution in [1.29, 1.82) is 0 Å². The summed E-state index contributed by atoms with van der Waals surface area (Å²) in [7, 11) is 1.99. The lowest BCUT2D eigenvalue weighted by Gasteiger charge is -2.28. The summed E-state index contributed by atoms with van der Waals surface area (Å²) in [6, 6.07) is 0. The van der Waals surface area contributed by atoms with Gasteiger partial charge in [0.2, 0.25) is 0 Å². The van der Waals surface area contributed by atoms with Gasteiger partial charge in [0, 0.05) is 13.1 Å². The molecule has 0 aromatic carbocycles.